The van der Waals surface area contributed by atoms with Gasteiger partial charge in [0.05, 0.1) is 0 Å². The normalized spacial score (nSPS) is 16.5. The zero-order valence-corrected chi connectivity index (χ0v) is 21.0. The van der Waals surface area contributed by atoms with Crippen LogP contribution in [0, 0.1) is 5.41 Å². The second-order valence-corrected chi connectivity index (χ2v) is 10.3. The highest BCUT2D eigenvalue weighted by Crippen LogP contribution is 2.53. The summed E-state index contributed by atoms with van der Waals surface area (Å²) in [7, 11) is 0. The Balaban J connectivity index is 0.935. The van der Waals surface area contributed by atoms with Crippen molar-refractivity contribution in [2.45, 2.75) is 58.0 Å². The number of oxime groups is 1. The molecule has 1 aliphatic heterocycles. The molecule has 0 atom stereocenters. The van der Waals surface area contributed by atoms with Crippen LogP contribution in [0.1, 0.15) is 56.1 Å². The number of hydrogen-bond acceptors (Lipinski definition) is 4. The van der Waals surface area contributed by atoms with Crippen LogP contribution in [0.25, 0.3) is 10.8 Å². The van der Waals surface area contributed by atoms with Gasteiger partial charge in [-0.05, 0) is 96.9 Å². The fourth-order valence-corrected chi connectivity index (χ4v) is 5.01. The zero-order valence-electron chi connectivity index (χ0n) is 21.0. The first kappa shape index (κ1) is 24.4. The summed E-state index contributed by atoms with van der Waals surface area (Å²) >= 11 is 0. The van der Waals surface area contributed by atoms with Crippen LogP contribution in [0.3, 0.4) is 0 Å². The second kappa shape index (κ2) is 11.6. The molecular formula is C31H36N2O3. The average molecular weight is 485 g/mol. The van der Waals surface area contributed by atoms with Gasteiger partial charge in [0.2, 0.25) is 0 Å². The summed E-state index contributed by atoms with van der Waals surface area (Å²) in [6.07, 6.45) is 11.0. The van der Waals surface area contributed by atoms with Gasteiger partial charge in [0.1, 0.15) is 12.4 Å². The predicted molar refractivity (Wildman–Crippen MR) is 144 cm³/mol. The summed E-state index contributed by atoms with van der Waals surface area (Å²) < 4.78 is 5.75. The number of rotatable bonds is 11. The summed E-state index contributed by atoms with van der Waals surface area (Å²) in [4.78, 5) is 19.9. The van der Waals surface area contributed by atoms with Crippen LogP contribution < -0.4 is 4.74 Å². The molecule has 36 heavy (non-hydrogen) atoms. The van der Waals surface area contributed by atoms with Crippen LogP contribution in [0.5, 0.6) is 5.75 Å². The van der Waals surface area contributed by atoms with Gasteiger partial charge in [-0.1, -0.05) is 53.7 Å². The number of fused-ring (bicyclic) bond motifs is 1. The Morgan fingerprint density at radius 1 is 0.889 bits per heavy atom. The molecule has 2 aliphatic rings. The molecule has 0 N–H and O–H groups in total. The topological polar surface area (TPSA) is 51.1 Å². The quantitative estimate of drug-likeness (QED) is 0.176. The van der Waals surface area contributed by atoms with Gasteiger partial charge >= 0.3 is 0 Å². The van der Waals surface area contributed by atoms with Crippen molar-refractivity contribution in [3.05, 3.63) is 77.9 Å². The van der Waals surface area contributed by atoms with E-state index in [1.807, 2.05) is 23.2 Å². The first-order valence-electron chi connectivity index (χ1n) is 13.3. The SMILES string of the molecule is O=C(COc1ccc(CCCCC=NOCc2ccc3ccccc3c2)cc1)N1CCC2(CC1)CC2. The Bertz CT molecular complexity index is 1170. The highest BCUT2D eigenvalue weighted by Gasteiger charge is 2.45. The van der Waals surface area contributed by atoms with Crippen LogP contribution >= 0.6 is 0 Å². The van der Waals surface area contributed by atoms with E-state index in [0.717, 1.165) is 62.9 Å². The first-order chi connectivity index (χ1) is 17.7. The van der Waals surface area contributed by atoms with E-state index in [1.54, 1.807) is 0 Å². The summed E-state index contributed by atoms with van der Waals surface area (Å²) in [5, 5.41) is 6.57. The highest BCUT2D eigenvalue weighted by atomic mass is 16.6. The number of piperidine rings is 1. The Hall–Kier alpha value is -3.34. The number of amides is 1. The lowest BCUT2D eigenvalue weighted by Crippen LogP contribution is -2.41. The maximum atomic E-state index is 12.4. The molecule has 0 aromatic heterocycles. The number of nitrogens with zero attached hydrogens (tertiary/aromatic N) is 2. The van der Waals surface area contributed by atoms with Crippen molar-refractivity contribution in [3.63, 3.8) is 0 Å². The molecule has 1 heterocycles. The molecule has 5 nitrogen and oxygen atoms in total. The van der Waals surface area contributed by atoms with E-state index in [9.17, 15) is 4.79 Å². The van der Waals surface area contributed by atoms with Crippen LogP contribution in [-0.2, 0) is 22.7 Å². The lowest BCUT2D eigenvalue weighted by molar-refractivity contribution is -0.134. The maximum Gasteiger partial charge on any atom is 0.260 e. The van der Waals surface area contributed by atoms with Crippen molar-refractivity contribution in [2.75, 3.05) is 19.7 Å². The largest absolute Gasteiger partial charge is 0.484 e. The molecule has 3 aromatic carbocycles. The molecule has 1 saturated carbocycles. The molecule has 0 bridgehead atoms. The standard InChI is InChI=1S/C31H36N2O3/c34-30(33-20-17-31(15-16-31)18-21-33)24-35-29-13-10-25(11-14-29)6-2-1-5-19-32-36-23-26-9-12-27-7-3-4-8-28(27)22-26/h3-4,7-14,19,22H,1-2,5-6,15-18,20-21,23-24H2. The van der Waals surface area contributed by atoms with E-state index in [1.165, 1.54) is 29.2 Å². The number of benzene rings is 3. The van der Waals surface area contributed by atoms with Gasteiger partial charge in [-0.15, -0.1) is 0 Å². The summed E-state index contributed by atoms with van der Waals surface area (Å²) in [6.45, 7) is 2.40. The maximum absolute atomic E-state index is 12.4. The molecule has 2 fully saturated rings. The molecule has 1 amide bonds. The van der Waals surface area contributed by atoms with Gasteiger partial charge in [-0.2, -0.15) is 0 Å². The van der Waals surface area contributed by atoms with Gasteiger partial charge in [0.15, 0.2) is 6.61 Å². The predicted octanol–water partition coefficient (Wildman–Crippen LogP) is 6.54. The van der Waals surface area contributed by atoms with Crippen LogP contribution in [0.2, 0.25) is 0 Å². The zero-order chi connectivity index (χ0) is 24.6. The smallest absolute Gasteiger partial charge is 0.260 e. The summed E-state index contributed by atoms with van der Waals surface area (Å²) in [5.74, 6) is 0.871. The molecule has 5 heteroatoms. The lowest BCUT2D eigenvalue weighted by atomic mass is 9.94. The molecular weight excluding hydrogens is 448 g/mol. The van der Waals surface area contributed by atoms with Gasteiger partial charge < -0.3 is 14.5 Å². The van der Waals surface area contributed by atoms with Crippen molar-refractivity contribution in [3.8, 4) is 5.75 Å². The van der Waals surface area contributed by atoms with E-state index in [2.05, 4.69) is 59.8 Å². The summed E-state index contributed by atoms with van der Waals surface area (Å²) in [6, 6.07) is 22.8. The average Bonchev–Trinajstić information content (AvgIpc) is 3.68. The minimum atomic E-state index is 0.109. The molecule has 1 spiro atoms. The fourth-order valence-electron chi connectivity index (χ4n) is 5.01. The number of hydrogen-bond donors (Lipinski definition) is 0. The van der Waals surface area contributed by atoms with Crippen molar-refractivity contribution in [1.29, 1.82) is 0 Å². The molecule has 0 radical (unpaired) electrons. The fraction of sp³-hybridized carbons (Fsp3) is 0.419. The second-order valence-electron chi connectivity index (χ2n) is 10.3. The minimum Gasteiger partial charge on any atom is -0.484 e. The number of carbonyl (C=O) groups excluding carboxylic acids is 1. The Morgan fingerprint density at radius 2 is 1.64 bits per heavy atom. The third kappa shape index (κ3) is 6.66. The van der Waals surface area contributed by atoms with E-state index < -0.39 is 0 Å². The van der Waals surface area contributed by atoms with E-state index in [0.29, 0.717) is 12.0 Å². The van der Waals surface area contributed by atoms with Crippen LogP contribution in [0.4, 0.5) is 0 Å². The monoisotopic (exact) mass is 484 g/mol. The molecule has 1 aliphatic carbocycles. The Morgan fingerprint density at radius 3 is 2.42 bits per heavy atom. The summed E-state index contributed by atoms with van der Waals surface area (Å²) in [5.41, 5.74) is 3.00. The van der Waals surface area contributed by atoms with E-state index >= 15 is 0 Å². The minimum absolute atomic E-state index is 0.109. The van der Waals surface area contributed by atoms with E-state index in [-0.39, 0.29) is 12.5 Å². The number of ether oxygens (including phenoxy) is 1. The number of carbonyl (C=O) groups is 1. The lowest BCUT2D eigenvalue weighted by Gasteiger charge is -2.32. The molecule has 188 valence electrons. The third-order valence-electron chi connectivity index (χ3n) is 7.66. The number of unbranched alkanes of at least 4 members (excludes halogenated alkanes) is 2. The molecule has 1 saturated heterocycles. The van der Waals surface area contributed by atoms with Crippen molar-refractivity contribution in [1.82, 2.24) is 4.90 Å². The Labute approximate surface area is 214 Å². The molecule has 3 aromatic rings. The number of likely N-dealkylation sites (tertiary alicyclic amines) is 1. The molecule has 0 unspecified atom stereocenters. The van der Waals surface area contributed by atoms with Crippen LogP contribution in [-0.4, -0.2) is 36.7 Å². The third-order valence-corrected chi connectivity index (χ3v) is 7.66. The highest BCUT2D eigenvalue weighted by molar-refractivity contribution is 5.83. The van der Waals surface area contributed by atoms with Crippen molar-refractivity contribution in [2.24, 2.45) is 10.6 Å². The van der Waals surface area contributed by atoms with Crippen LogP contribution in [0.15, 0.2) is 71.9 Å². The van der Waals surface area contributed by atoms with Crippen molar-refractivity contribution >= 4 is 22.9 Å². The Kier molecular flexibility index (Phi) is 7.85. The van der Waals surface area contributed by atoms with Crippen molar-refractivity contribution < 1.29 is 14.4 Å². The molecule has 5 rings (SSSR count). The van der Waals surface area contributed by atoms with Gasteiger partial charge in [-0.3, -0.25) is 4.79 Å². The van der Waals surface area contributed by atoms with Gasteiger partial charge in [0.25, 0.3) is 5.91 Å². The van der Waals surface area contributed by atoms with E-state index in [4.69, 9.17) is 9.57 Å². The van der Waals surface area contributed by atoms with Gasteiger partial charge in [-0.25, -0.2) is 0 Å². The first-order valence-corrected chi connectivity index (χ1v) is 13.3. The number of aryl methyl sites for hydroxylation is 1. The van der Waals surface area contributed by atoms with Gasteiger partial charge in [0, 0.05) is 19.3 Å².